The number of thioether (sulfide) groups is 1. The lowest BCUT2D eigenvalue weighted by molar-refractivity contribution is 0.175. The van der Waals surface area contributed by atoms with E-state index in [1.807, 2.05) is 18.2 Å². The molecule has 1 fully saturated rings. The third-order valence-electron chi connectivity index (χ3n) is 5.39. The van der Waals surface area contributed by atoms with Gasteiger partial charge in [-0.2, -0.15) is 5.26 Å². The number of likely N-dealkylation sites (tertiary alicyclic amines) is 1. The van der Waals surface area contributed by atoms with Crippen molar-refractivity contribution in [2.45, 2.75) is 37.1 Å². The molecule has 1 unspecified atom stereocenters. The first-order valence-corrected chi connectivity index (χ1v) is 10.7. The minimum atomic E-state index is 0.184. The Kier molecular flexibility index (Phi) is 6.46. The van der Waals surface area contributed by atoms with Gasteiger partial charge in [-0.3, -0.25) is 4.90 Å². The summed E-state index contributed by atoms with van der Waals surface area (Å²) in [5.41, 5.74) is 2.16. The maximum Gasteiger partial charge on any atom is 0.119 e. The molecule has 0 radical (unpaired) electrons. The number of nitrogens with zero attached hydrogens (tertiary/aromatic N) is 2. The number of hydrogen-bond acceptors (Lipinski definition) is 4. The standard InChI is InChI=1S/C23H28N2OS/c1-23(2)14-20(17-26-21-7-9-22(27-3)10-8-21)16-25(23)12-11-18-5-4-6-19(13-18)15-24/h4-10,13,20H,11-12,14,16-17H2,1-3H3. The van der Waals surface area contributed by atoms with E-state index in [9.17, 15) is 0 Å². The van der Waals surface area contributed by atoms with Gasteiger partial charge in [0, 0.05) is 29.4 Å². The molecule has 0 saturated carbocycles. The third kappa shape index (κ3) is 5.28. The average molecular weight is 381 g/mol. The van der Waals surface area contributed by atoms with E-state index in [-0.39, 0.29) is 5.54 Å². The maximum atomic E-state index is 9.07. The molecular formula is C23H28N2OS. The molecule has 1 saturated heterocycles. The molecule has 0 N–H and O–H groups in total. The van der Waals surface area contributed by atoms with E-state index in [1.165, 1.54) is 10.5 Å². The van der Waals surface area contributed by atoms with E-state index in [1.54, 1.807) is 11.8 Å². The predicted octanol–water partition coefficient (Wildman–Crippen LogP) is 5.00. The van der Waals surface area contributed by atoms with Crippen LogP contribution in [-0.4, -0.2) is 36.4 Å². The zero-order valence-corrected chi connectivity index (χ0v) is 17.3. The van der Waals surface area contributed by atoms with Gasteiger partial charge in [0.25, 0.3) is 0 Å². The number of nitriles is 1. The van der Waals surface area contributed by atoms with Crippen molar-refractivity contribution >= 4 is 11.8 Å². The molecule has 1 atom stereocenters. The Balaban J connectivity index is 1.52. The Bertz CT molecular complexity index is 795. The SMILES string of the molecule is CSc1ccc(OCC2CN(CCc3cccc(C#N)c3)C(C)(C)C2)cc1. The van der Waals surface area contributed by atoms with E-state index in [0.717, 1.165) is 43.9 Å². The highest BCUT2D eigenvalue weighted by Crippen LogP contribution is 2.33. The minimum Gasteiger partial charge on any atom is -0.493 e. The second-order valence-corrected chi connectivity index (χ2v) is 8.76. The second-order valence-electron chi connectivity index (χ2n) is 7.88. The maximum absolute atomic E-state index is 9.07. The molecule has 1 aliphatic heterocycles. The highest BCUT2D eigenvalue weighted by atomic mass is 32.2. The van der Waals surface area contributed by atoms with E-state index >= 15 is 0 Å². The fraction of sp³-hybridized carbons (Fsp3) is 0.435. The Hall–Kier alpha value is -1.96. The van der Waals surface area contributed by atoms with Gasteiger partial charge in [0.15, 0.2) is 0 Å². The van der Waals surface area contributed by atoms with Gasteiger partial charge in [0.2, 0.25) is 0 Å². The van der Waals surface area contributed by atoms with Crippen molar-refractivity contribution in [1.82, 2.24) is 4.90 Å². The van der Waals surface area contributed by atoms with Gasteiger partial charge in [-0.1, -0.05) is 12.1 Å². The Morgan fingerprint density at radius 1 is 1.22 bits per heavy atom. The molecular weight excluding hydrogens is 352 g/mol. The van der Waals surface area contributed by atoms with Gasteiger partial charge in [0.05, 0.1) is 18.2 Å². The van der Waals surface area contributed by atoms with E-state index in [0.29, 0.717) is 5.92 Å². The summed E-state index contributed by atoms with van der Waals surface area (Å²) in [6, 6.07) is 18.5. The van der Waals surface area contributed by atoms with Crippen LogP contribution in [0.5, 0.6) is 5.75 Å². The van der Waals surface area contributed by atoms with Gasteiger partial charge < -0.3 is 4.74 Å². The summed E-state index contributed by atoms with van der Waals surface area (Å²) < 4.78 is 6.05. The Morgan fingerprint density at radius 2 is 2.00 bits per heavy atom. The molecule has 1 heterocycles. The molecule has 3 rings (SSSR count). The monoisotopic (exact) mass is 380 g/mol. The van der Waals surface area contributed by atoms with Gasteiger partial charge in [-0.15, -0.1) is 11.8 Å². The first-order valence-electron chi connectivity index (χ1n) is 9.51. The summed E-state index contributed by atoms with van der Waals surface area (Å²) in [6.07, 6.45) is 4.21. The van der Waals surface area contributed by atoms with Crippen molar-refractivity contribution < 1.29 is 4.74 Å². The van der Waals surface area contributed by atoms with Crippen LogP contribution in [0.4, 0.5) is 0 Å². The Labute approximate surface area is 167 Å². The van der Waals surface area contributed by atoms with E-state index in [2.05, 4.69) is 61.4 Å². The second kappa shape index (κ2) is 8.82. The molecule has 0 aromatic heterocycles. The highest BCUT2D eigenvalue weighted by molar-refractivity contribution is 7.98. The number of ether oxygens (including phenoxy) is 1. The summed E-state index contributed by atoms with van der Waals surface area (Å²) in [6.45, 7) is 7.50. The molecule has 0 aliphatic carbocycles. The molecule has 3 nitrogen and oxygen atoms in total. The first kappa shape index (κ1) is 19.8. The molecule has 1 aliphatic rings. The van der Waals surface area contributed by atoms with Crippen LogP contribution in [0.25, 0.3) is 0 Å². The van der Waals surface area contributed by atoms with Crippen molar-refractivity contribution in [1.29, 1.82) is 5.26 Å². The van der Waals surface area contributed by atoms with Gasteiger partial charge in [0.1, 0.15) is 5.75 Å². The van der Waals surface area contributed by atoms with Gasteiger partial charge >= 0.3 is 0 Å². The smallest absolute Gasteiger partial charge is 0.119 e. The van der Waals surface area contributed by atoms with Crippen LogP contribution >= 0.6 is 11.8 Å². The lowest BCUT2D eigenvalue weighted by Gasteiger charge is -2.31. The highest BCUT2D eigenvalue weighted by Gasteiger charge is 2.38. The van der Waals surface area contributed by atoms with Crippen LogP contribution in [0.3, 0.4) is 0 Å². The van der Waals surface area contributed by atoms with Crippen LogP contribution in [0.15, 0.2) is 53.4 Å². The molecule has 142 valence electrons. The van der Waals surface area contributed by atoms with Crippen molar-refractivity contribution in [2.75, 3.05) is 26.0 Å². The molecule has 2 aromatic rings. The zero-order chi connectivity index (χ0) is 19.3. The summed E-state index contributed by atoms with van der Waals surface area (Å²) in [5, 5.41) is 9.07. The summed E-state index contributed by atoms with van der Waals surface area (Å²) in [4.78, 5) is 3.83. The van der Waals surface area contributed by atoms with E-state index in [4.69, 9.17) is 10.00 Å². The molecule has 0 amide bonds. The van der Waals surface area contributed by atoms with E-state index < -0.39 is 0 Å². The lowest BCUT2D eigenvalue weighted by Crippen LogP contribution is -2.39. The molecule has 2 aromatic carbocycles. The third-order valence-corrected chi connectivity index (χ3v) is 6.14. The van der Waals surface area contributed by atoms with Crippen molar-refractivity contribution in [3.8, 4) is 11.8 Å². The van der Waals surface area contributed by atoms with Crippen LogP contribution in [0.1, 0.15) is 31.4 Å². The zero-order valence-electron chi connectivity index (χ0n) is 16.4. The van der Waals surface area contributed by atoms with Crippen molar-refractivity contribution in [3.63, 3.8) is 0 Å². The lowest BCUT2D eigenvalue weighted by atomic mass is 9.96. The topological polar surface area (TPSA) is 36.3 Å². The molecule has 0 spiro atoms. The van der Waals surface area contributed by atoms with Crippen LogP contribution in [0, 0.1) is 17.2 Å². The fourth-order valence-electron chi connectivity index (χ4n) is 3.91. The van der Waals surface area contributed by atoms with Crippen molar-refractivity contribution in [2.24, 2.45) is 5.92 Å². The van der Waals surface area contributed by atoms with Crippen LogP contribution in [-0.2, 0) is 6.42 Å². The average Bonchev–Trinajstić information content (AvgIpc) is 2.98. The normalized spacial score (nSPS) is 19.0. The van der Waals surface area contributed by atoms with Gasteiger partial charge in [-0.25, -0.2) is 0 Å². The van der Waals surface area contributed by atoms with Gasteiger partial charge in [-0.05, 0) is 74.9 Å². The molecule has 27 heavy (non-hydrogen) atoms. The largest absolute Gasteiger partial charge is 0.493 e. The van der Waals surface area contributed by atoms with Crippen LogP contribution < -0.4 is 4.74 Å². The summed E-state index contributed by atoms with van der Waals surface area (Å²) in [7, 11) is 0. The first-order chi connectivity index (χ1) is 13.0. The summed E-state index contributed by atoms with van der Waals surface area (Å²) in [5.74, 6) is 1.50. The Morgan fingerprint density at radius 3 is 2.70 bits per heavy atom. The number of hydrogen-bond donors (Lipinski definition) is 0. The minimum absolute atomic E-state index is 0.184. The molecule has 4 heteroatoms. The fourth-order valence-corrected chi connectivity index (χ4v) is 4.32. The van der Waals surface area contributed by atoms with Crippen molar-refractivity contribution in [3.05, 3.63) is 59.7 Å². The quantitative estimate of drug-likeness (QED) is 0.633. The number of rotatable bonds is 7. The van der Waals surface area contributed by atoms with Crippen LogP contribution in [0.2, 0.25) is 0 Å². The summed E-state index contributed by atoms with van der Waals surface area (Å²) >= 11 is 1.75. The number of benzene rings is 2. The molecule has 0 bridgehead atoms. The predicted molar refractivity (Wildman–Crippen MR) is 112 cm³/mol.